The van der Waals surface area contributed by atoms with E-state index in [1.807, 2.05) is 11.4 Å². The lowest BCUT2D eigenvalue weighted by Gasteiger charge is -2.04. The number of carbonyl (C=O) groups excluding carboxylic acids is 1. The van der Waals surface area contributed by atoms with Crippen molar-refractivity contribution in [2.24, 2.45) is 5.92 Å². The summed E-state index contributed by atoms with van der Waals surface area (Å²) in [5.74, 6) is -4.46. The minimum absolute atomic E-state index is 0.0983. The Hall–Kier alpha value is -2.68. The van der Waals surface area contributed by atoms with Crippen LogP contribution in [0.1, 0.15) is 23.5 Å². The maximum atomic E-state index is 13.6. The Morgan fingerprint density at radius 2 is 2.15 bits per heavy atom. The molecule has 2 heterocycles. The zero-order valence-corrected chi connectivity index (χ0v) is 14.8. The number of aromatic nitrogens is 3. The number of esters is 1. The highest BCUT2D eigenvalue weighted by atomic mass is 32.1. The lowest BCUT2D eigenvalue weighted by atomic mass is 10.3. The van der Waals surface area contributed by atoms with Gasteiger partial charge < -0.3 is 4.74 Å². The van der Waals surface area contributed by atoms with Crippen molar-refractivity contribution in [3.8, 4) is 16.4 Å². The third-order valence-electron chi connectivity index (χ3n) is 4.24. The Morgan fingerprint density at radius 1 is 1.33 bits per heavy atom. The third kappa shape index (κ3) is 3.73. The van der Waals surface area contributed by atoms with E-state index in [1.165, 1.54) is 34.2 Å². The van der Waals surface area contributed by atoms with Crippen molar-refractivity contribution in [1.29, 1.82) is 0 Å². The molecule has 0 bridgehead atoms. The predicted molar refractivity (Wildman–Crippen MR) is 92.6 cm³/mol. The highest BCUT2D eigenvalue weighted by Gasteiger charge is 2.56. The van der Waals surface area contributed by atoms with Crippen LogP contribution in [0.25, 0.3) is 16.4 Å². The Morgan fingerprint density at radius 3 is 2.81 bits per heavy atom. The fraction of sp³-hybridized carbons (Fsp3) is 0.278. The number of hydrogen-bond donors (Lipinski definition) is 0. The summed E-state index contributed by atoms with van der Waals surface area (Å²) < 4.78 is 45.7. The second-order valence-corrected chi connectivity index (χ2v) is 7.16. The van der Waals surface area contributed by atoms with Gasteiger partial charge in [0.05, 0.1) is 17.2 Å². The molecule has 5 nitrogen and oxygen atoms in total. The highest BCUT2D eigenvalue weighted by molar-refractivity contribution is 7.13. The number of nitrogens with zero attached hydrogens (tertiary/aromatic N) is 3. The van der Waals surface area contributed by atoms with Crippen molar-refractivity contribution >= 4 is 17.3 Å². The molecule has 3 aromatic rings. The molecule has 4 rings (SSSR count). The summed E-state index contributed by atoms with van der Waals surface area (Å²) in [6.45, 7) is -0.123. The average Bonchev–Trinajstić information content (AvgIpc) is 3.08. The number of thiophene rings is 1. The van der Waals surface area contributed by atoms with E-state index in [2.05, 4.69) is 10.1 Å². The van der Waals surface area contributed by atoms with Crippen molar-refractivity contribution < 1.29 is 22.7 Å². The first-order valence-corrected chi connectivity index (χ1v) is 9.14. The molecule has 1 saturated carbocycles. The number of hydrogen-bond acceptors (Lipinski definition) is 5. The molecule has 9 heteroatoms. The first-order chi connectivity index (χ1) is 12.9. The molecule has 2 aromatic heterocycles. The first kappa shape index (κ1) is 17.7. The van der Waals surface area contributed by atoms with Crippen LogP contribution in [0.5, 0.6) is 0 Å². The normalized spacial score (nSPS) is 17.7. The van der Waals surface area contributed by atoms with Gasteiger partial charge in [-0.25, -0.2) is 22.6 Å². The molecule has 1 unspecified atom stereocenters. The lowest BCUT2D eigenvalue weighted by molar-refractivity contribution is 0.0439. The van der Waals surface area contributed by atoms with Gasteiger partial charge >= 0.3 is 5.97 Å². The second kappa shape index (κ2) is 6.80. The SMILES string of the molecule is O=C(OCCC1CC1(F)F)c1nc(-c2cccs2)n(-c2cccc(F)c2)n1. The van der Waals surface area contributed by atoms with Crippen LogP contribution in [-0.4, -0.2) is 33.3 Å². The zero-order valence-electron chi connectivity index (χ0n) is 13.9. The summed E-state index contributed by atoms with van der Waals surface area (Å²) in [5, 5.41) is 5.98. The van der Waals surface area contributed by atoms with E-state index in [0.29, 0.717) is 11.5 Å². The van der Waals surface area contributed by atoms with Crippen molar-refractivity contribution in [2.45, 2.75) is 18.8 Å². The maximum Gasteiger partial charge on any atom is 0.378 e. The van der Waals surface area contributed by atoms with E-state index in [0.717, 1.165) is 4.88 Å². The van der Waals surface area contributed by atoms with Crippen LogP contribution < -0.4 is 0 Å². The van der Waals surface area contributed by atoms with Crippen LogP contribution >= 0.6 is 11.3 Å². The number of carbonyl (C=O) groups is 1. The van der Waals surface area contributed by atoms with Crippen LogP contribution in [0.3, 0.4) is 0 Å². The van der Waals surface area contributed by atoms with Crippen molar-refractivity contribution in [1.82, 2.24) is 14.8 Å². The van der Waals surface area contributed by atoms with Crippen molar-refractivity contribution in [2.75, 3.05) is 6.61 Å². The van der Waals surface area contributed by atoms with Crippen LogP contribution in [-0.2, 0) is 4.74 Å². The van der Waals surface area contributed by atoms with Crippen LogP contribution in [0.15, 0.2) is 41.8 Å². The Bertz CT molecular complexity index is 972. The Kier molecular flexibility index (Phi) is 4.47. The molecule has 0 radical (unpaired) electrons. The monoisotopic (exact) mass is 393 g/mol. The van der Waals surface area contributed by atoms with Gasteiger partial charge in [0, 0.05) is 12.3 Å². The van der Waals surface area contributed by atoms with Gasteiger partial charge in [-0.3, -0.25) is 0 Å². The minimum atomic E-state index is -2.64. The third-order valence-corrected chi connectivity index (χ3v) is 5.11. The molecular formula is C18H14F3N3O2S. The van der Waals surface area contributed by atoms with Gasteiger partial charge in [0.1, 0.15) is 5.82 Å². The zero-order chi connectivity index (χ0) is 19.0. The molecule has 27 heavy (non-hydrogen) atoms. The Balaban J connectivity index is 1.56. The molecular weight excluding hydrogens is 379 g/mol. The summed E-state index contributed by atoms with van der Waals surface area (Å²) in [4.78, 5) is 17.2. The van der Waals surface area contributed by atoms with Gasteiger partial charge in [0.15, 0.2) is 5.82 Å². The topological polar surface area (TPSA) is 57.0 Å². The van der Waals surface area contributed by atoms with E-state index in [4.69, 9.17) is 4.74 Å². The predicted octanol–water partition coefficient (Wildman–Crippen LogP) is 4.34. The molecule has 1 atom stereocenters. The summed E-state index contributed by atoms with van der Waals surface area (Å²) >= 11 is 1.39. The molecule has 1 aromatic carbocycles. The van der Waals surface area contributed by atoms with Gasteiger partial charge in [-0.05, 0) is 36.1 Å². The van der Waals surface area contributed by atoms with E-state index in [9.17, 15) is 18.0 Å². The fourth-order valence-corrected chi connectivity index (χ4v) is 3.39. The number of rotatable bonds is 6. The van der Waals surface area contributed by atoms with Gasteiger partial charge in [0.2, 0.25) is 0 Å². The highest BCUT2D eigenvalue weighted by Crippen LogP contribution is 2.50. The molecule has 0 spiro atoms. The number of ether oxygens (including phenoxy) is 1. The number of alkyl halides is 2. The molecule has 1 aliphatic rings. The molecule has 0 N–H and O–H groups in total. The molecule has 0 aliphatic heterocycles. The van der Waals surface area contributed by atoms with E-state index in [-0.39, 0.29) is 25.3 Å². The smallest absolute Gasteiger partial charge is 0.378 e. The van der Waals surface area contributed by atoms with E-state index < -0.39 is 23.6 Å². The quantitative estimate of drug-likeness (QED) is 0.585. The molecule has 1 aliphatic carbocycles. The van der Waals surface area contributed by atoms with Gasteiger partial charge in [0.25, 0.3) is 11.7 Å². The van der Waals surface area contributed by atoms with Crippen molar-refractivity contribution in [3.05, 3.63) is 53.4 Å². The minimum Gasteiger partial charge on any atom is -0.460 e. The number of halogens is 3. The molecule has 140 valence electrons. The van der Waals surface area contributed by atoms with E-state index in [1.54, 1.807) is 12.1 Å². The van der Waals surface area contributed by atoms with Gasteiger partial charge in [-0.2, -0.15) is 4.98 Å². The summed E-state index contributed by atoms with van der Waals surface area (Å²) in [6.07, 6.45) is -0.0688. The fourth-order valence-electron chi connectivity index (χ4n) is 2.69. The summed E-state index contributed by atoms with van der Waals surface area (Å²) in [7, 11) is 0. The largest absolute Gasteiger partial charge is 0.460 e. The number of benzene rings is 1. The molecule has 0 saturated heterocycles. The Labute approximate surface area is 156 Å². The summed E-state index contributed by atoms with van der Waals surface area (Å²) in [6, 6.07) is 9.36. The standard InChI is InChI=1S/C18H14F3N3O2S/c19-12-3-1-4-13(9-12)24-16(14-5-2-8-27-14)22-15(23-24)17(25)26-7-6-11-10-18(11,20)21/h1-5,8-9,11H,6-7,10H2. The van der Waals surface area contributed by atoms with Crippen LogP contribution in [0.4, 0.5) is 13.2 Å². The van der Waals surface area contributed by atoms with Crippen LogP contribution in [0, 0.1) is 11.7 Å². The first-order valence-electron chi connectivity index (χ1n) is 8.26. The molecule has 1 fully saturated rings. The average molecular weight is 393 g/mol. The molecule has 0 amide bonds. The van der Waals surface area contributed by atoms with Gasteiger partial charge in [-0.1, -0.05) is 12.1 Å². The van der Waals surface area contributed by atoms with Crippen LogP contribution in [0.2, 0.25) is 0 Å². The second-order valence-electron chi connectivity index (χ2n) is 6.21. The van der Waals surface area contributed by atoms with Crippen molar-refractivity contribution in [3.63, 3.8) is 0 Å². The van der Waals surface area contributed by atoms with Gasteiger partial charge in [-0.15, -0.1) is 16.4 Å². The maximum absolute atomic E-state index is 13.6. The van der Waals surface area contributed by atoms with E-state index >= 15 is 0 Å². The lowest BCUT2D eigenvalue weighted by Crippen LogP contribution is -2.10. The summed E-state index contributed by atoms with van der Waals surface area (Å²) in [5.41, 5.74) is 0.405.